The van der Waals surface area contributed by atoms with Crippen molar-refractivity contribution in [2.45, 2.75) is 23.1 Å². The molecule has 0 aromatic heterocycles. The fourth-order valence-corrected chi connectivity index (χ4v) is 3.10. The average Bonchev–Trinajstić information content (AvgIpc) is 2.40. The number of benzene rings is 2. The minimum Gasteiger partial charge on any atom is -0.219 e. The lowest BCUT2D eigenvalue weighted by Crippen LogP contribution is -2.02. The lowest BCUT2D eigenvalue weighted by Gasteiger charge is -2.06. The Hall–Kier alpha value is -2.12. The Morgan fingerprint density at radius 1 is 1.05 bits per heavy atom. The molecule has 0 saturated heterocycles. The van der Waals surface area contributed by atoms with Gasteiger partial charge in [0.25, 0.3) is 0 Å². The molecule has 0 aliphatic carbocycles. The molecule has 4 heteroatoms. The van der Waals surface area contributed by atoms with Crippen LogP contribution in [0.5, 0.6) is 0 Å². The van der Waals surface area contributed by atoms with Crippen LogP contribution in [0.2, 0.25) is 0 Å². The predicted molar refractivity (Wildman–Crippen MR) is 72.4 cm³/mol. The van der Waals surface area contributed by atoms with Gasteiger partial charge in [-0.3, -0.25) is 0 Å². The van der Waals surface area contributed by atoms with Crippen molar-refractivity contribution in [1.82, 2.24) is 0 Å². The van der Waals surface area contributed by atoms with Crippen molar-refractivity contribution in [2.24, 2.45) is 0 Å². The molecule has 2 aromatic carbocycles. The number of hydrogen-bond donors (Lipinski definition) is 0. The molecule has 0 unspecified atom stereocenters. The zero-order valence-electron chi connectivity index (χ0n) is 10.5. The van der Waals surface area contributed by atoms with Gasteiger partial charge < -0.3 is 0 Å². The molecule has 2 aromatic rings. The van der Waals surface area contributed by atoms with Crippen LogP contribution < -0.4 is 0 Å². The first-order valence-electron chi connectivity index (χ1n) is 5.82. The van der Waals surface area contributed by atoms with Gasteiger partial charge in [0.05, 0.1) is 22.3 Å². The standard InChI is InChI=1S/C15H13NO2S/c1-12-5-7-14(8-6-12)19(17,18)15-4-2-3-13(11-15)9-10-16/h2-8,11H,9H2,1H3. The number of nitriles is 1. The summed E-state index contributed by atoms with van der Waals surface area (Å²) in [6, 6.07) is 15.3. The fourth-order valence-electron chi connectivity index (χ4n) is 1.77. The molecule has 19 heavy (non-hydrogen) atoms. The Kier molecular flexibility index (Phi) is 3.68. The van der Waals surface area contributed by atoms with Crippen molar-refractivity contribution < 1.29 is 8.42 Å². The van der Waals surface area contributed by atoms with Gasteiger partial charge in [-0.25, -0.2) is 8.42 Å². The van der Waals surface area contributed by atoms with Gasteiger partial charge in [-0.15, -0.1) is 0 Å². The van der Waals surface area contributed by atoms with Gasteiger partial charge in [-0.1, -0.05) is 29.8 Å². The lowest BCUT2D eigenvalue weighted by molar-refractivity contribution is 0.596. The van der Waals surface area contributed by atoms with Crippen molar-refractivity contribution in [3.05, 3.63) is 59.7 Å². The highest BCUT2D eigenvalue weighted by molar-refractivity contribution is 7.91. The van der Waals surface area contributed by atoms with E-state index in [0.717, 1.165) is 5.56 Å². The van der Waals surface area contributed by atoms with Crippen LogP contribution >= 0.6 is 0 Å². The van der Waals surface area contributed by atoms with E-state index in [9.17, 15) is 8.42 Å². The summed E-state index contributed by atoms with van der Waals surface area (Å²) in [5, 5.41) is 8.66. The zero-order valence-corrected chi connectivity index (χ0v) is 11.3. The van der Waals surface area contributed by atoms with Crippen LogP contribution in [-0.4, -0.2) is 8.42 Å². The highest BCUT2D eigenvalue weighted by Gasteiger charge is 2.17. The molecule has 0 amide bonds. The quantitative estimate of drug-likeness (QED) is 0.862. The maximum Gasteiger partial charge on any atom is 0.206 e. The van der Waals surface area contributed by atoms with E-state index in [-0.39, 0.29) is 16.2 Å². The summed E-state index contributed by atoms with van der Waals surface area (Å²) < 4.78 is 24.8. The lowest BCUT2D eigenvalue weighted by atomic mass is 10.2. The molecule has 0 aliphatic heterocycles. The molecule has 0 N–H and O–H groups in total. The van der Waals surface area contributed by atoms with E-state index >= 15 is 0 Å². The molecule has 0 aliphatic rings. The van der Waals surface area contributed by atoms with Crippen molar-refractivity contribution >= 4 is 9.84 Å². The molecule has 0 atom stereocenters. The van der Waals surface area contributed by atoms with Crippen molar-refractivity contribution in [2.75, 3.05) is 0 Å². The third-order valence-electron chi connectivity index (χ3n) is 2.82. The third kappa shape index (κ3) is 2.83. The second-order valence-corrected chi connectivity index (χ2v) is 6.25. The summed E-state index contributed by atoms with van der Waals surface area (Å²) >= 11 is 0. The predicted octanol–water partition coefficient (Wildman–Crippen LogP) is 2.89. The van der Waals surface area contributed by atoms with E-state index in [2.05, 4.69) is 0 Å². The van der Waals surface area contributed by atoms with Gasteiger partial charge >= 0.3 is 0 Å². The average molecular weight is 271 g/mol. The Balaban J connectivity index is 2.48. The molecule has 3 nitrogen and oxygen atoms in total. The van der Waals surface area contributed by atoms with Gasteiger partial charge in [0.15, 0.2) is 0 Å². The Morgan fingerprint density at radius 3 is 2.37 bits per heavy atom. The van der Waals surface area contributed by atoms with Gasteiger partial charge in [-0.05, 0) is 36.8 Å². The molecule has 0 spiro atoms. The van der Waals surface area contributed by atoms with Gasteiger partial charge in [0, 0.05) is 0 Å². The van der Waals surface area contributed by atoms with Crippen LogP contribution in [0.25, 0.3) is 0 Å². The third-order valence-corrected chi connectivity index (χ3v) is 4.59. The molecule has 2 rings (SSSR count). The smallest absolute Gasteiger partial charge is 0.206 e. The molecule has 0 fully saturated rings. The largest absolute Gasteiger partial charge is 0.219 e. The summed E-state index contributed by atoms with van der Waals surface area (Å²) in [5.74, 6) is 0. The van der Waals surface area contributed by atoms with Gasteiger partial charge in [-0.2, -0.15) is 5.26 Å². The summed E-state index contributed by atoms with van der Waals surface area (Å²) in [4.78, 5) is 0.497. The second-order valence-electron chi connectivity index (χ2n) is 4.30. The molecule has 0 radical (unpaired) electrons. The van der Waals surface area contributed by atoms with E-state index in [0.29, 0.717) is 5.56 Å². The Morgan fingerprint density at radius 2 is 1.74 bits per heavy atom. The minimum atomic E-state index is -3.51. The van der Waals surface area contributed by atoms with Crippen LogP contribution in [0.15, 0.2) is 58.3 Å². The molecular formula is C15H13NO2S. The monoisotopic (exact) mass is 271 g/mol. The number of aryl methyl sites for hydroxylation is 1. The van der Waals surface area contributed by atoms with E-state index in [1.54, 1.807) is 48.5 Å². The fraction of sp³-hybridized carbons (Fsp3) is 0.133. The molecular weight excluding hydrogens is 258 g/mol. The summed E-state index contributed by atoms with van der Waals surface area (Å²) in [5.41, 5.74) is 1.72. The van der Waals surface area contributed by atoms with E-state index < -0.39 is 9.84 Å². The highest BCUT2D eigenvalue weighted by atomic mass is 32.2. The Bertz CT molecular complexity index is 725. The second kappa shape index (κ2) is 5.25. The topological polar surface area (TPSA) is 57.9 Å². The van der Waals surface area contributed by atoms with Gasteiger partial charge in [0.2, 0.25) is 9.84 Å². The van der Waals surface area contributed by atoms with Crippen molar-refractivity contribution in [1.29, 1.82) is 5.26 Å². The first-order valence-corrected chi connectivity index (χ1v) is 7.30. The first kappa shape index (κ1) is 13.3. The molecule has 0 saturated carbocycles. The van der Waals surface area contributed by atoms with Crippen LogP contribution in [0.3, 0.4) is 0 Å². The summed E-state index contributed by atoms with van der Waals surface area (Å²) in [6.45, 7) is 1.91. The van der Waals surface area contributed by atoms with E-state index in [4.69, 9.17) is 5.26 Å². The number of sulfone groups is 1. The molecule has 0 bridgehead atoms. The maximum atomic E-state index is 12.4. The van der Waals surface area contributed by atoms with Crippen LogP contribution in [0, 0.1) is 18.3 Å². The maximum absolute atomic E-state index is 12.4. The normalized spacial score (nSPS) is 10.9. The van der Waals surface area contributed by atoms with Crippen LogP contribution in [0.4, 0.5) is 0 Å². The van der Waals surface area contributed by atoms with Gasteiger partial charge in [0.1, 0.15) is 0 Å². The van der Waals surface area contributed by atoms with E-state index in [1.807, 2.05) is 13.0 Å². The molecule has 96 valence electrons. The highest BCUT2D eigenvalue weighted by Crippen LogP contribution is 2.22. The first-order chi connectivity index (χ1) is 9.04. The SMILES string of the molecule is Cc1ccc(S(=O)(=O)c2cccc(CC#N)c2)cc1. The molecule has 0 heterocycles. The van der Waals surface area contributed by atoms with Crippen LogP contribution in [-0.2, 0) is 16.3 Å². The summed E-state index contributed by atoms with van der Waals surface area (Å²) in [7, 11) is -3.51. The number of nitrogens with zero attached hydrogens (tertiary/aromatic N) is 1. The minimum absolute atomic E-state index is 0.206. The van der Waals surface area contributed by atoms with Crippen molar-refractivity contribution in [3.8, 4) is 6.07 Å². The Labute approximate surface area is 113 Å². The summed E-state index contributed by atoms with van der Waals surface area (Å²) in [6.07, 6.45) is 0.206. The van der Waals surface area contributed by atoms with E-state index in [1.165, 1.54) is 0 Å². The number of rotatable bonds is 3. The number of hydrogen-bond acceptors (Lipinski definition) is 3. The zero-order chi connectivity index (χ0) is 13.9. The van der Waals surface area contributed by atoms with Crippen molar-refractivity contribution in [3.63, 3.8) is 0 Å². The van der Waals surface area contributed by atoms with Crippen LogP contribution in [0.1, 0.15) is 11.1 Å².